The standard InChI is InChI=1S/C29H24Cl2FN3O2/c30-23-7-1-19(15-24(23)31)27(36)34-21-4-8-26(25(32)16-21)37-22-5-2-20(3-6-22)28-9-11-29(17-28,12-10-28)35-14-13-33-18-35/h1-8,13-16,18H,9-12,17H2,(H,34,36). The van der Waals surface area contributed by atoms with Gasteiger partial charge in [-0.25, -0.2) is 9.37 Å². The van der Waals surface area contributed by atoms with E-state index in [1.54, 1.807) is 12.1 Å². The summed E-state index contributed by atoms with van der Waals surface area (Å²) in [6.45, 7) is 0. The first kappa shape index (κ1) is 24.0. The van der Waals surface area contributed by atoms with Crippen molar-refractivity contribution in [2.24, 2.45) is 0 Å². The highest BCUT2D eigenvalue weighted by Crippen LogP contribution is 2.61. The lowest BCUT2D eigenvalue weighted by atomic mass is 9.78. The fourth-order valence-electron chi connectivity index (χ4n) is 5.96. The molecule has 0 saturated heterocycles. The summed E-state index contributed by atoms with van der Waals surface area (Å²) in [5.41, 5.74) is 2.27. The number of hydrogen-bond donors (Lipinski definition) is 1. The van der Waals surface area contributed by atoms with E-state index in [1.165, 1.54) is 29.8 Å². The molecule has 5 nitrogen and oxygen atoms in total. The van der Waals surface area contributed by atoms with Crippen molar-refractivity contribution in [3.05, 3.63) is 106 Å². The van der Waals surface area contributed by atoms with E-state index in [1.807, 2.05) is 24.7 Å². The molecule has 1 N–H and O–H groups in total. The highest BCUT2D eigenvalue weighted by molar-refractivity contribution is 6.42. The van der Waals surface area contributed by atoms with Crippen LogP contribution in [0.15, 0.2) is 79.4 Å². The Morgan fingerprint density at radius 1 is 0.973 bits per heavy atom. The number of carbonyl (C=O) groups is 1. The maximum absolute atomic E-state index is 14.8. The van der Waals surface area contributed by atoms with Gasteiger partial charge in [-0.2, -0.15) is 0 Å². The number of hydrogen-bond acceptors (Lipinski definition) is 3. The first-order chi connectivity index (χ1) is 17.9. The van der Waals surface area contributed by atoms with E-state index in [-0.39, 0.29) is 21.7 Å². The summed E-state index contributed by atoms with van der Waals surface area (Å²) >= 11 is 11.9. The number of halogens is 3. The van der Waals surface area contributed by atoms with E-state index in [0.29, 0.717) is 22.0 Å². The number of anilines is 1. The lowest BCUT2D eigenvalue weighted by Crippen LogP contribution is -2.26. The van der Waals surface area contributed by atoms with Crippen molar-refractivity contribution >= 4 is 34.8 Å². The SMILES string of the molecule is O=C(Nc1ccc(Oc2ccc(C34CCC(n5ccnc5)(CC3)C4)cc2)c(F)c1)c1ccc(Cl)c(Cl)c1. The summed E-state index contributed by atoms with van der Waals surface area (Å²) < 4.78 is 22.9. The lowest BCUT2D eigenvalue weighted by molar-refractivity contribution is 0.102. The summed E-state index contributed by atoms with van der Waals surface area (Å²) in [5, 5.41) is 3.29. The molecule has 3 aromatic carbocycles. The topological polar surface area (TPSA) is 56.1 Å². The number of imidazole rings is 1. The molecule has 0 radical (unpaired) electrons. The summed E-state index contributed by atoms with van der Waals surface area (Å²) in [6, 6.07) is 16.9. The van der Waals surface area contributed by atoms with Crippen molar-refractivity contribution in [3.63, 3.8) is 0 Å². The van der Waals surface area contributed by atoms with Gasteiger partial charge in [0.2, 0.25) is 0 Å². The number of nitrogens with zero attached hydrogens (tertiary/aromatic N) is 2. The normalized spacial score (nSPS) is 22.2. The van der Waals surface area contributed by atoms with Crippen LogP contribution in [0, 0.1) is 5.82 Å². The average Bonchev–Trinajstić information content (AvgIpc) is 3.65. The van der Waals surface area contributed by atoms with Crippen molar-refractivity contribution in [3.8, 4) is 11.5 Å². The molecule has 4 aromatic rings. The molecule has 2 fully saturated rings. The largest absolute Gasteiger partial charge is 0.454 e. The summed E-state index contributed by atoms with van der Waals surface area (Å²) in [6.07, 6.45) is 11.6. The number of nitrogens with one attached hydrogen (secondary N) is 1. The van der Waals surface area contributed by atoms with E-state index in [4.69, 9.17) is 27.9 Å². The fourth-order valence-corrected chi connectivity index (χ4v) is 6.26. The maximum atomic E-state index is 14.8. The van der Waals surface area contributed by atoms with Gasteiger partial charge in [-0.05, 0) is 85.5 Å². The molecule has 0 atom stereocenters. The zero-order valence-electron chi connectivity index (χ0n) is 19.9. The van der Waals surface area contributed by atoms with Crippen LogP contribution in [0.2, 0.25) is 10.0 Å². The van der Waals surface area contributed by atoms with Gasteiger partial charge in [0.25, 0.3) is 5.91 Å². The van der Waals surface area contributed by atoms with Crippen molar-refractivity contribution in [1.29, 1.82) is 0 Å². The zero-order chi connectivity index (χ0) is 25.6. The van der Waals surface area contributed by atoms with Gasteiger partial charge in [-0.3, -0.25) is 4.79 Å². The van der Waals surface area contributed by atoms with Gasteiger partial charge >= 0.3 is 0 Å². The van der Waals surface area contributed by atoms with Gasteiger partial charge in [0.1, 0.15) is 5.75 Å². The first-order valence-corrected chi connectivity index (χ1v) is 12.9. The number of fused-ring (bicyclic) bond motifs is 2. The predicted octanol–water partition coefficient (Wildman–Crippen LogP) is 7.98. The molecule has 6 rings (SSSR count). The molecule has 2 aliphatic rings. The van der Waals surface area contributed by atoms with Crippen molar-refractivity contribution in [2.45, 2.75) is 43.1 Å². The fraction of sp³-hybridized carbons (Fsp3) is 0.241. The predicted molar refractivity (Wildman–Crippen MR) is 142 cm³/mol. The van der Waals surface area contributed by atoms with Gasteiger partial charge in [0.15, 0.2) is 11.6 Å². The second kappa shape index (κ2) is 9.19. The van der Waals surface area contributed by atoms with Crippen LogP contribution in [0.25, 0.3) is 0 Å². The van der Waals surface area contributed by atoms with Crippen molar-refractivity contribution in [2.75, 3.05) is 5.32 Å². The molecular formula is C29H24Cl2FN3O2. The Bertz CT molecular complexity index is 1460. The second-order valence-corrected chi connectivity index (χ2v) is 10.8. The Balaban J connectivity index is 1.13. The third-order valence-electron chi connectivity index (χ3n) is 7.92. The number of aromatic nitrogens is 2. The molecule has 2 bridgehead atoms. The number of amides is 1. The van der Waals surface area contributed by atoms with E-state index in [9.17, 15) is 9.18 Å². The van der Waals surface area contributed by atoms with Crippen LogP contribution in [0.3, 0.4) is 0 Å². The van der Waals surface area contributed by atoms with Crippen LogP contribution in [-0.4, -0.2) is 15.5 Å². The van der Waals surface area contributed by atoms with Gasteiger partial charge in [-0.15, -0.1) is 0 Å². The Labute approximate surface area is 224 Å². The molecule has 1 heterocycles. The minimum atomic E-state index is -0.577. The van der Waals surface area contributed by atoms with Crippen LogP contribution in [0.1, 0.15) is 48.0 Å². The van der Waals surface area contributed by atoms with Gasteiger partial charge in [0, 0.05) is 35.2 Å². The van der Waals surface area contributed by atoms with Gasteiger partial charge in [-0.1, -0.05) is 35.3 Å². The quantitative estimate of drug-likeness (QED) is 0.272. The van der Waals surface area contributed by atoms with Crippen LogP contribution in [-0.2, 0) is 11.0 Å². The highest BCUT2D eigenvalue weighted by Gasteiger charge is 2.55. The molecule has 1 aromatic heterocycles. The van der Waals surface area contributed by atoms with Crippen LogP contribution >= 0.6 is 23.2 Å². The highest BCUT2D eigenvalue weighted by atomic mass is 35.5. The molecule has 0 spiro atoms. The van der Waals surface area contributed by atoms with E-state index in [0.717, 1.165) is 32.1 Å². The average molecular weight is 536 g/mol. The molecule has 0 aliphatic heterocycles. The van der Waals surface area contributed by atoms with Crippen molar-refractivity contribution in [1.82, 2.24) is 9.55 Å². The Morgan fingerprint density at radius 2 is 1.76 bits per heavy atom. The summed E-state index contributed by atoms with van der Waals surface area (Å²) in [7, 11) is 0. The molecule has 37 heavy (non-hydrogen) atoms. The zero-order valence-corrected chi connectivity index (χ0v) is 21.4. The molecule has 2 aliphatic carbocycles. The van der Waals surface area contributed by atoms with E-state index >= 15 is 0 Å². The molecule has 0 unspecified atom stereocenters. The molecule has 1 amide bonds. The van der Waals surface area contributed by atoms with Gasteiger partial charge < -0.3 is 14.6 Å². The Kier molecular flexibility index (Phi) is 5.97. The van der Waals surface area contributed by atoms with Crippen LogP contribution in [0.5, 0.6) is 11.5 Å². The minimum Gasteiger partial charge on any atom is -0.454 e. The second-order valence-electron chi connectivity index (χ2n) is 10.0. The number of carbonyl (C=O) groups excluding carboxylic acids is 1. The van der Waals surface area contributed by atoms with Crippen LogP contribution < -0.4 is 10.1 Å². The Hall–Kier alpha value is -3.35. The van der Waals surface area contributed by atoms with E-state index in [2.05, 4.69) is 33.2 Å². The molecular weight excluding hydrogens is 512 g/mol. The monoisotopic (exact) mass is 535 g/mol. The third kappa shape index (κ3) is 4.38. The Morgan fingerprint density at radius 3 is 2.43 bits per heavy atom. The molecule has 2 saturated carbocycles. The maximum Gasteiger partial charge on any atom is 0.255 e. The minimum absolute atomic E-state index is 0.0827. The van der Waals surface area contributed by atoms with Crippen LogP contribution in [0.4, 0.5) is 10.1 Å². The summed E-state index contributed by atoms with van der Waals surface area (Å²) in [4.78, 5) is 16.7. The number of benzene rings is 3. The first-order valence-electron chi connectivity index (χ1n) is 12.2. The number of ether oxygens (including phenoxy) is 1. The number of rotatable bonds is 6. The van der Waals surface area contributed by atoms with Gasteiger partial charge in [0.05, 0.1) is 16.4 Å². The molecule has 8 heteroatoms. The smallest absolute Gasteiger partial charge is 0.255 e. The summed E-state index contributed by atoms with van der Waals surface area (Å²) in [5.74, 6) is -0.355. The van der Waals surface area contributed by atoms with E-state index < -0.39 is 11.7 Å². The third-order valence-corrected chi connectivity index (χ3v) is 8.66. The van der Waals surface area contributed by atoms with Crippen molar-refractivity contribution < 1.29 is 13.9 Å². The molecule has 188 valence electrons. The lowest BCUT2D eigenvalue weighted by Gasteiger charge is -2.29.